The Bertz CT molecular complexity index is 3600. The van der Waals surface area contributed by atoms with Crippen LogP contribution in [0.25, 0.3) is 0 Å². The Labute approximate surface area is 612 Å². The second-order valence-electron chi connectivity index (χ2n) is 27.8. The molecule has 104 heavy (non-hydrogen) atoms. The van der Waals surface area contributed by atoms with Crippen LogP contribution in [0, 0.1) is 0 Å². The van der Waals surface area contributed by atoms with Gasteiger partial charge in [0.25, 0.3) is 7.82 Å². The fourth-order valence-electron chi connectivity index (χ4n) is 13.1. The molecule has 4 aliphatic rings. The highest BCUT2D eigenvalue weighted by molar-refractivity contribution is 7.45. The minimum absolute atomic E-state index is 0.000940. The van der Waals surface area contributed by atoms with Crippen molar-refractivity contribution in [2.45, 2.75) is 190 Å². The zero-order valence-corrected chi connectivity index (χ0v) is 61.2. The third-order valence-electron chi connectivity index (χ3n) is 18.6. The lowest BCUT2D eigenvalue weighted by Gasteiger charge is -2.53. The van der Waals surface area contributed by atoms with Crippen LogP contribution >= 0.6 is 7.82 Å². The van der Waals surface area contributed by atoms with E-state index in [0.717, 1.165) is 71.0 Å². The van der Waals surface area contributed by atoms with Crippen LogP contribution in [0.2, 0.25) is 0 Å². The molecule has 1 unspecified atom stereocenters. The van der Waals surface area contributed by atoms with E-state index in [1.54, 1.807) is 0 Å². The van der Waals surface area contributed by atoms with Crippen LogP contribution in [0.15, 0.2) is 212 Å². The van der Waals surface area contributed by atoms with Crippen molar-refractivity contribution >= 4 is 13.7 Å². The summed E-state index contributed by atoms with van der Waals surface area (Å²) in [5.41, 5.74) is 5.89. The number of carbonyl (C=O) groups is 1. The quantitative estimate of drug-likeness (QED) is 0.0214. The van der Waals surface area contributed by atoms with Gasteiger partial charge in [-0.3, -0.25) is 9.36 Å². The molecule has 0 radical (unpaired) electrons. The van der Waals surface area contributed by atoms with Gasteiger partial charge in [-0.1, -0.05) is 251 Å². The Hall–Kier alpha value is -6.48. The molecule has 0 saturated carbocycles. The average Bonchev–Trinajstić information content (AvgIpc) is 0.755. The third kappa shape index (κ3) is 24.0. The molecule has 17 atom stereocenters. The maximum atomic E-state index is 14.1. The fourth-order valence-corrected chi connectivity index (χ4v) is 13.8. The number of phosphoric acid groups is 1. The van der Waals surface area contributed by atoms with Crippen LogP contribution in [0.4, 0.5) is 0 Å². The molecule has 560 valence electrons. The number of amides is 1. The molecular formula is C82H103N2O19P. The van der Waals surface area contributed by atoms with Crippen molar-refractivity contribution in [3.8, 4) is 0 Å². The molecule has 7 aromatic carbocycles. The molecule has 11 rings (SSSR count). The van der Waals surface area contributed by atoms with Gasteiger partial charge in [0.15, 0.2) is 25.2 Å². The van der Waals surface area contributed by atoms with Gasteiger partial charge in [-0.05, 0) is 39.8 Å². The number of benzene rings is 7. The Morgan fingerprint density at radius 1 is 0.462 bits per heavy atom. The van der Waals surface area contributed by atoms with Gasteiger partial charge in [-0.15, -0.1) is 0 Å². The molecule has 7 aromatic rings. The molecule has 4 aliphatic heterocycles. The van der Waals surface area contributed by atoms with Gasteiger partial charge in [0.1, 0.15) is 86.3 Å². The van der Waals surface area contributed by atoms with E-state index in [-0.39, 0.29) is 59.5 Å². The van der Waals surface area contributed by atoms with Crippen molar-refractivity contribution < 1.29 is 94.1 Å². The predicted octanol–water partition coefficient (Wildman–Crippen LogP) is 12.3. The summed E-state index contributed by atoms with van der Waals surface area (Å²) < 4.78 is 126. The number of hydrogen-bond donors (Lipinski definition) is 1. The molecule has 22 heteroatoms. The highest BCUT2D eigenvalue weighted by atomic mass is 31.2. The van der Waals surface area contributed by atoms with E-state index in [1.807, 2.05) is 233 Å². The molecular weight excluding hydrogens is 1350 g/mol. The monoisotopic (exact) mass is 1450 g/mol. The van der Waals surface area contributed by atoms with E-state index < -0.39 is 119 Å². The van der Waals surface area contributed by atoms with Crippen LogP contribution in [-0.4, -0.2) is 163 Å². The zero-order chi connectivity index (χ0) is 72.4. The van der Waals surface area contributed by atoms with Gasteiger partial charge < -0.3 is 90.1 Å². The van der Waals surface area contributed by atoms with Gasteiger partial charge in [-0.2, -0.15) is 0 Å². The van der Waals surface area contributed by atoms with Crippen LogP contribution in [0.3, 0.4) is 0 Å². The Morgan fingerprint density at radius 2 is 0.904 bits per heavy atom. The smallest absolute Gasteiger partial charge is 0.268 e. The van der Waals surface area contributed by atoms with Gasteiger partial charge in [0.05, 0.1) is 80.6 Å². The highest BCUT2D eigenvalue weighted by Crippen LogP contribution is 2.44. The molecule has 0 aromatic heterocycles. The number of carbonyl (C=O) groups excluding carboxylic acids is 1. The van der Waals surface area contributed by atoms with Crippen LogP contribution in [-0.2, 0) is 124 Å². The second kappa shape index (κ2) is 40.5. The summed E-state index contributed by atoms with van der Waals surface area (Å²) in [6.07, 6.45) is -10.5. The summed E-state index contributed by atoms with van der Waals surface area (Å²) in [7, 11) is 0.745. The number of quaternary nitrogens is 1. The van der Waals surface area contributed by atoms with Gasteiger partial charge >= 0.3 is 0 Å². The molecule has 0 bridgehead atoms. The summed E-state index contributed by atoms with van der Waals surface area (Å²) in [6.45, 7) is 4.14. The Kier molecular flexibility index (Phi) is 30.6. The number of ether oxygens (including phenoxy) is 14. The van der Waals surface area contributed by atoms with Crippen LogP contribution < -0.4 is 10.2 Å². The number of unbranched alkanes of at least 4 members (excludes halogenated alkanes) is 5. The van der Waals surface area contributed by atoms with Crippen molar-refractivity contribution in [1.82, 2.24) is 5.32 Å². The first-order valence-electron chi connectivity index (χ1n) is 36.5. The van der Waals surface area contributed by atoms with Crippen LogP contribution in [0.5, 0.6) is 0 Å². The maximum Gasteiger partial charge on any atom is 0.268 e. The summed E-state index contributed by atoms with van der Waals surface area (Å²) >= 11 is 0. The minimum Gasteiger partial charge on any atom is -0.756 e. The molecule has 0 spiro atoms. The van der Waals surface area contributed by atoms with Crippen molar-refractivity contribution in [1.29, 1.82) is 0 Å². The SMILES string of the molecule is CCCCCCCCO[C@@H]1O[C@H](COCc2ccccc2)[C@@H](O[C@@H]2O[C@@H]3CO[C@@H](c4ccccc4)O[C@H]3[C@H](O[C@@H]3O[C@H](COP(=O)([O-])OCC[N+](C)(C)C)[C@@H](OCc4ccccc4)[C@H](OCc4ccccc4)[C@H]3NC(C)=O)[C@@H]2OCc2ccccc2)[C@H](OCc2ccccc2)[C@H]1OCc1ccccc1. The van der Waals surface area contributed by atoms with Crippen molar-refractivity contribution in [2.75, 3.05) is 60.7 Å². The molecule has 1 amide bonds. The van der Waals surface area contributed by atoms with Gasteiger partial charge in [-0.25, -0.2) is 0 Å². The molecule has 4 fully saturated rings. The fraction of sp³-hybridized carbons (Fsp3) is 0.476. The van der Waals surface area contributed by atoms with Crippen LogP contribution in [0.1, 0.15) is 97.6 Å². The number of nitrogens with one attached hydrogen (secondary N) is 1. The lowest BCUT2D eigenvalue weighted by molar-refractivity contribution is -0.870. The molecule has 0 aliphatic carbocycles. The third-order valence-corrected chi connectivity index (χ3v) is 19.5. The first-order chi connectivity index (χ1) is 50.7. The van der Waals surface area contributed by atoms with Crippen molar-refractivity contribution in [2.24, 2.45) is 0 Å². The summed E-state index contributed by atoms with van der Waals surface area (Å²) in [5.74, 6) is -0.459. The van der Waals surface area contributed by atoms with Gasteiger partial charge in [0.2, 0.25) is 5.91 Å². The average molecular weight is 1450 g/mol. The summed E-state index contributed by atoms with van der Waals surface area (Å²) in [5, 5.41) is 3.14. The zero-order valence-electron chi connectivity index (χ0n) is 60.3. The first-order valence-corrected chi connectivity index (χ1v) is 38.0. The minimum atomic E-state index is -5.03. The highest BCUT2D eigenvalue weighted by Gasteiger charge is 2.59. The Morgan fingerprint density at radius 3 is 1.42 bits per heavy atom. The maximum absolute atomic E-state index is 14.1. The number of nitrogens with zero attached hydrogens (tertiary/aromatic N) is 1. The normalized spacial score (nSPS) is 27.0. The lowest BCUT2D eigenvalue weighted by atomic mass is 9.93. The second-order valence-corrected chi connectivity index (χ2v) is 29.2. The number of fused-ring (bicyclic) bond motifs is 1. The molecule has 4 saturated heterocycles. The standard InChI is InChI=1S/C82H103N2O19P/c1-6-7-8-9-10-32-48-89-81-77(93-54-64-41-26-15-27-42-64)75(92-53-63-39-24-14-25-40-63)72(67(99-81)56-88-50-60-33-18-11-19-34-60)102-82-78(94-55-65-43-28-16-29-44-65)76(73-68(100-82)57-95-79(101-73)66-45-30-17-31-46-66)103-80-70(83-59(2)85)74(91-52-62-37-22-13-23-38-62)71(90-51-61-35-20-12-21-36-61)69(98-80)58-97-104(86,87)96-49-47-84(3,4)5/h11-31,33-46,67-82H,6-10,32,47-58H2,1-5H3,(H-,83,85,86,87)/t67-,68-,69-,70-,71-,72-,73-,74-,75+,76+,77-,78+,79-,80+,81-,82+/m1/s1. The lowest BCUT2D eigenvalue weighted by Crippen LogP contribution is -2.70. The Balaban J connectivity index is 1.02. The van der Waals surface area contributed by atoms with Gasteiger partial charge in [0, 0.05) is 19.1 Å². The van der Waals surface area contributed by atoms with E-state index >= 15 is 0 Å². The van der Waals surface area contributed by atoms with Crippen molar-refractivity contribution in [3.05, 3.63) is 251 Å². The molecule has 21 nitrogen and oxygen atoms in total. The molecule has 4 heterocycles. The van der Waals surface area contributed by atoms with Crippen molar-refractivity contribution in [3.63, 3.8) is 0 Å². The summed E-state index contributed by atoms with van der Waals surface area (Å²) in [6, 6.07) is 66.7. The topological polar surface area (TPSA) is 217 Å². The number of likely N-dealkylation sites (N-methyl/N-ethyl adjacent to an activating group) is 1. The summed E-state index contributed by atoms with van der Waals surface area (Å²) in [4.78, 5) is 28.0. The van der Waals surface area contributed by atoms with E-state index in [0.29, 0.717) is 17.6 Å². The number of phosphoric ester groups is 1. The van der Waals surface area contributed by atoms with E-state index in [4.69, 9.17) is 75.4 Å². The van der Waals surface area contributed by atoms with E-state index in [1.165, 1.54) is 13.3 Å². The predicted molar refractivity (Wildman–Crippen MR) is 386 cm³/mol. The number of rotatable bonds is 40. The largest absolute Gasteiger partial charge is 0.756 e. The number of hydrogen-bond acceptors (Lipinski definition) is 19. The first kappa shape index (κ1) is 78.6. The van der Waals surface area contributed by atoms with E-state index in [2.05, 4.69) is 12.2 Å². The van der Waals surface area contributed by atoms with E-state index in [9.17, 15) is 14.3 Å². The molecule has 1 N–H and O–H groups in total.